The van der Waals surface area contributed by atoms with Gasteiger partial charge in [-0.15, -0.1) is 0 Å². The molecular weight excluding hydrogens is 422 g/mol. The summed E-state index contributed by atoms with van der Waals surface area (Å²) in [5.74, 6) is -1.32. The van der Waals surface area contributed by atoms with Crippen LogP contribution in [0.25, 0.3) is 5.69 Å². The molecule has 3 rings (SSSR count). The molecule has 1 heterocycles. The summed E-state index contributed by atoms with van der Waals surface area (Å²) in [5, 5.41) is 7.39. The lowest BCUT2D eigenvalue weighted by Crippen LogP contribution is -2.30. The molecule has 0 aliphatic carbocycles. The molecular formula is C22H20ClN3O5. The van der Waals surface area contributed by atoms with Gasteiger partial charge in [-0.05, 0) is 36.8 Å². The number of carbonyl (C=O) groups is 2. The summed E-state index contributed by atoms with van der Waals surface area (Å²) >= 11 is 5.84. The Kier molecular flexibility index (Phi) is 7.40. The number of nitrogens with zero attached hydrogens (tertiary/aromatic N) is 2. The average Bonchev–Trinajstić information content (AvgIpc) is 2.78. The fourth-order valence-electron chi connectivity index (χ4n) is 2.64. The van der Waals surface area contributed by atoms with Crippen LogP contribution in [0.4, 0.5) is 0 Å². The predicted octanol–water partition coefficient (Wildman–Crippen LogP) is 2.76. The molecule has 1 N–H and O–H groups in total. The Morgan fingerprint density at radius 1 is 1.10 bits per heavy atom. The second-order valence-electron chi connectivity index (χ2n) is 6.36. The van der Waals surface area contributed by atoms with Gasteiger partial charge in [-0.25, -0.2) is 4.79 Å². The molecule has 160 valence electrons. The van der Waals surface area contributed by atoms with Crippen LogP contribution in [0, 0.1) is 0 Å². The molecule has 0 radical (unpaired) electrons. The third-order valence-electron chi connectivity index (χ3n) is 4.13. The first-order valence-electron chi connectivity index (χ1n) is 9.48. The van der Waals surface area contributed by atoms with Crippen LogP contribution in [0.3, 0.4) is 0 Å². The fourth-order valence-corrected chi connectivity index (χ4v) is 2.77. The Hall–Kier alpha value is -3.65. The van der Waals surface area contributed by atoms with Gasteiger partial charge in [-0.2, -0.15) is 9.78 Å². The van der Waals surface area contributed by atoms with Crippen molar-refractivity contribution in [3.8, 4) is 11.4 Å². The van der Waals surface area contributed by atoms with Gasteiger partial charge < -0.3 is 14.8 Å². The standard InChI is InChI=1S/C22H20ClN3O5/c1-2-30-22(29)21-18(12-20(28)26(25-21)17-6-4-3-5-7-17)31-14-19(27)24-13-15-8-10-16(23)11-9-15/h3-12H,2,13-14H2,1H3,(H,24,27). The van der Waals surface area contributed by atoms with Crippen molar-refractivity contribution in [3.05, 3.63) is 87.3 Å². The highest BCUT2D eigenvalue weighted by atomic mass is 35.5. The summed E-state index contributed by atoms with van der Waals surface area (Å²) in [5.41, 5.74) is 0.619. The van der Waals surface area contributed by atoms with E-state index in [4.69, 9.17) is 21.1 Å². The van der Waals surface area contributed by atoms with Crippen molar-refractivity contribution >= 4 is 23.5 Å². The smallest absolute Gasteiger partial charge is 0.362 e. The number of hydrogen-bond donors (Lipinski definition) is 1. The Morgan fingerprint density at radius 2 is 1.81 bits per heavy atom. The van der Waals surface area contributed by atoms with Crippen LogP contribution in [0.1, 0.15) is 23.0 Å². The number of aromatic nitrogens is 2. The second-order valence-corrected chi connectivity index (χ2v) is 6.79. The number of nitrogens with one attached hydrogen (secondary N) is 1. The molecule has 0 aliphatic heterocycles. The zero-order chi connectivity index (χ0) is 22.2. The Labute approximate surface area is 183 Å². The predicted molar refractivity (Wildman–Crippen MR) is 115 cm³/mol. The molecule has 0 spiro atoms. The number of amides is 1. The van der Waals surface area contributed by atoms with E-state index in [9.17, 15) is 14.4 Å². The van der Waals surface area contributed by atoms with Crippen molar-refractivity contribution in [1.82, 2.24) is 15.1 Å². The van der Waals surface area contributed by atoms with Crippen molar-refractivity contribution in [2.75, 3.05) is 13.2 Å². The largest absolute Gasteiger partial charge is 0.481 e. The fraction of sp³-hybridized carbons (Fsp3) is 0.182. The molecule has 0 saturated heterocycles. The van der Waals surface area contributed by atoms with Crippen molar-refractivity contribution < 1.29 is 19.1 Å². The van der Waals surface area contributed by atoms with Crippen molar-refractivity contribution in [3.63, 3.8) is 0 Å². The third kappa shape index (κ3) is 5.93. The van der Waals surface area contributed by atoms with Gasteiger partial charge in [0.05, 0.1) is 18.4 Å². The normalized spacial score (nSPS) is 10.4. The monoisotopic (exact) mass is 441 g/mol. The molecule has 0 unspecified atom stereocenters. The van der Waals surface area contributed by atoms with Crippen LogP contribution in [-0.2, 0) is 16.1 Å². The summed E-state index contributed by atoms with van der Waals surface area (Å²) in [4.78, 5) is 37.0. The second kappa shape index (κ2) is 10.4. The van der Waals surface area contributed by atoms with E-state index in [1.165, 1.54) is 0 Å². The first-order valence-corrected chi connectivity index (χ1v) is 9.86. The van der Waals surface area contributed by atoms with E-state index in [1.54, 1.807) is 61.5 Å². The maximum atomic E-state index is 12.5. The number of rotatable bonds is 8. The Morgan fingerprint density at radius 3 is 2.48 bits per heavy atom. The number of halogens is 1. The Bertz CT molecular complexity index is 1110. The average molecular weight is 442 g/mol. The maximum Gasteiger partial charge on any atom is 0.362 e. The van der Waals surface area contributed by atoms with E-state index in [2.05, 4.69) is 10.4 Å². The van der Waals surface area contributed by atoms with Gasteiger partial charge in [-0.1, -0.05) is 41.9 Å². The molecule has 3 aromatic rings. The molecule has 1 aromatic heterocycles. The van der Waals surface area contributed by atoms with Crippen LogP contribution in [0.5, 0.6) is 5.75 Å². The van der Waals surface area contributed by atoms with Crippen LogP contribution in [-0.4, -0.2) is 34.9 Å². The lowest BCUT2D eigenvalue weighted by molar-refractivity contribution is -0.123. The molecule has 8 nitrogen and oxygen atoms in total. The van der Waals surface area contributed by atoms with Crippen LogP contribution < -0.4 is 15.6 Å². The lowest BCUT2D eigenvalue weighted by atomic mass is 10.2. The number of para-hydroxylation sites is 1. The first kappa shape index (κ1) is 22.0. The van der Waals surface area contributed by atoms with Gasteiger partial charge in [0, 0.05) is 11.6 Å². The van der Waals surface area contributed by atoms with Gasteiger partial charge in [-0.3, -0.25) is 9.59 Å². The quantitative estimate of drug-likeness (QED) is 0.539. The number of carbonyl (C=O) groups excluding carboxylic acids is 2. The molecule has 0 atom stereocenters. The molecule has 31 heavy (non-hydrogen) atoms. The number of benzene rings is 2. The van der Waals surface area contributed by atoms with Gasteiger partial charge in [0.2, 0.25) is 5.69 Å². The molecule has 0 bridgehead atoms. The number of ether oxygens (including phenoxy) is 2. The molecule has 1 amide bonds. The van der Waals surface area contributed by atoms with E-state index < -0.39 is 24.0 Å². The van der Waals surface area contributed by atoms with Crippen molar-refractivity contribution in [2.24, 2.45) is 0 Å². The summed E-state index contributed by atoms with van der Waals surface area (Å²) in [7, 11) is 0. The van der Waals surface area contributed by atoms with Crippen LogP contribution in [0.2, 0.25) is 5.02 Å². The molecule has 0 fully saturated rings. The molecule has 0 aliphatic rings. The SMILES string of the molecule is CCOC(=O)c1nn(-c2ccccc2)c(=O)cc1OCC(=O)NCc1ccc(Cl)cc1. The zero-order valence-corrected chi connectivity index (χ0v) is 17.5. The third-order valence-corrected chi connectivity index (χ3v) is 4.38. The minimum absolute atomic E-state index is 0.117. The number of hydrogen-bond acceptors (Lipinski definition) is 6. The summed E-state index contributed by atoms with van der Waals surface area (Å²) in [6.07, 6.45) is 0. The highest BCUT2D eigenvalue weighted by Crippen LogP contribution is 2.16. The topological polar surface area (TPSA) is 99.5 Å². The van der Waals surface area contributed by atoms with Gasteiger partial charge in [0.25, 0.3) is 11.5 Å². The van der Waals surface area contributed by atoms with Crippen molar-refractivity contribution in [1.29, 1.82) is 0 Å². The molecule has 0 saturated carbocycles. The van der Waals surface area contributed by atoms with E-state index >= 15 is 0 Å². The van der Waals surface area contributed by atoms with Crippen LogP contribution >= 0.6 is 11.6 Å². The van der Waals surface area contributed by atoms with E-state index in [0.717, 1.165) is 16.3 Å². The van der Waals surface area contributed by atoms with Crippen LogP contribution in [0.15, 0.2) is 65.5 Å². The van der Waals surface area contributed by atoms with Gasteiger partial charge in [0.1, 0.15) is 0 Å². The lowest BCUT2D eigenvalue weighted by Gasteiger charge is -2.12. The molecule has 2 aromatic carbocycles. The highest BCUT2D eigenvalue weighted by molar-refractivity contribution is 6.30. The summed E-state index contributed by atoms with van der Waals surface area (Å²) < 4.78 is 11.5. The minimum Gasteiger partial charge on any atom is -0.481 e. The minimum atomic E-state index is -0.760. The van der Waals surface area contributed by atoms with E-state index in [1.807, 2.05) is 0 Å². The molecule has 9 heteroatoms. The zero-order valence-electron chi connectivity index (χ0n) is 16.7. The van der Waals surface area contributed by atoms with E-state index in [0.29, 0.717) is 10.7 Å². The maximum absolute atomic E-state index is 12.5. The summed E-state index contributed by atoms with van der Waals surface area (Å²) in [6, 6.07) is 16.7. The highest BCUT2D eigenvalue weighted by Gasteiger charge is 2.20. The van der Waals surface area contributed by atoms with Gasteiger partial charge >= 0.3 is 5.97 Å². The van der Waals surface area contributed by atoms with E-state index in [-0.39, 0.29) is 24.6 Å². The summed E-state index contributed by atoms with van der Waals surface area (Å²) in [6.45, 7) is 1.64. The Balaban J connectivity index is 1.75. The van der Waals surface area contributed by atoms with Gasteiger partial charge in [0.15, 0.2) is 12.4 Å². The number of esters is 1. The van der Waals surface area contributed by atoms with Crippen molar-refractivity contribution in [2.45, 2.75) is 13.5 Å². The first-order chi connectivity index (χ1) is 15.0.